The second-order valence-electron chi connectivity index (χ2n) is 2.84. The smallest absolute Gasteiger partial charge is 0.307 e. The SMILES string of the molecule is O=C(O)Cc1ccc(C#CCS)cc1F. The molecule has 0 heterocycles. The Morgan fingerprint density at radius 3 is 2.80 bits per heavy atom. The van der Waals surface area contributed by atoms with Gasteiger partial charge in [-0.15, -0.1) is 0 Å². The van der Waals surface area contributed by atoms with E-state index in [4.69, 9.17) is 5.11 Å². The van der Waals surface area contributed by atoms with Crippen molar-refractivity contribution in [1.29, 1.82) is 0 Å². The fraction of sp³-hybridized carbons (Fsp3) is 0.182. The van der Waals surface area contributed by atoms with E-state index in [1.165, 1.54) is 12.1 Å². The Morgan fingerprint density at radius 1 is 1.53 bits per heavy atom. The van der Waals surface area contributed by atoms with E-state index in [-0.39, 0.29) is 12.0 Å². The Balaban J connectivity index is 2.92. The van der Waals surface area contributed by atoms with Crippen LogP contribution in [0.2, 0.25) is 0 Å². The highest BCUT2D eigenvalue weighted by atomic mass is 32.1. The molecule has 0 aliphatic heterocycles. The van der Waals surface area contributed by atoms with Gasteiger partial charge in [-0.05, 0) is 17.7 Å². The highest BCUT2D eigenvalue weighted by Gasteiger charge is 2.06. The van der Waals surface area contributed by atoms with Gasteiger partial charge in [0.1, 0.15) is 5.82 Å². The summed E-state index contributed by atoms with van der Waals surface area (Å²) in [6.07, 6.45) is -0.313. The Bertz CT molecular complexity index is 432. The zero-order chi connectivity index (χ0) is 11.3. The lowest BCUT2D eigenvalue weighted by molar-refractivity contribution is -0.136. The third-order valence-corrected chi connectivity index (χ3v) is 1.86. The minimum atomic E-state index is -1.05. The lowest BCUT2D eigenvalue weighted by atomic mass is 10.1. The molecule has 0 radical (unpaired) electrons. The van der Waals surface area contributed by atoms with Crippen molar-refractivity contribution in [2.75, 3.05) is 5.75 Å². The van der Waals surface area contributed by atoms with E-state index in [0.717, 1.165) is 0 Å². The quantitative estimate of drug-likeness (QED) is 0.593. The third kappa shape index (κ3) is 3.64. The van der Waals surface area contributed by atoms with Crippen molar-refractivity contribution in [2.24, 2.45) is 0 Å². The number of aliphatic carboxylic acids is 1. The van der Waals surface area contributed by atoms with Gasteiger partial charge in [0.2, 0.25) is 0 Å². The fourth-order valence-corrected chi connectivity index (χ4v) is 1.15. The molecule has 4 heteroatoms. The summed E-state index contributed by atoms with van der Waals surface area (Å²) in [6.45, 7) is 0. The largest absolute Gasteiger partial charge is 0.481 e. The molecule has 78 valence electrons. The van der Waals surface area contributed by atoms with Crippen LogP contribution in [0.5, 0.6) is 0 Å². The summed E-state index contributed by atoms with van der Waals surface area (Å²) >= 11 is 3.90. The minimum absolute atomic E-state index is 0.166. The van der Waals surface area contributed by atoms with Gasteiger partial charge in [0.25, 0.3) is 0 Å². The number of carboxylic acid groups (broad SMARTS) is 1. The Hall–Kier alpha value is -1.47. The van der Waals surface area contributed by atoms with Gasteiger partial charge >= 0.3 is 5.97 Å². The number of hydrogen-bond donors (Lipinski definition) is 2. The monoisotopic (exact) mass is 224 g/mol. The lowest BCUT2D eigenvalue weighted by Crippen LogP contribution is -2.02. The van der Waals surface area contributed by atoms with E-state index >= 15 is 0 Å². The number of carboxylic acids is 1. The molecule has 15 heavy (non-hydrogen) atoms. The molecule has 0 fully saturated rings. The molecular weight excluding hydrogens is 215 g/mol. The zero-order valence-corrected chi connectivity index (χ0v) is 8.72. The first-order chi connectivity index (χ1) is 7.13. The van der Waals surface area contributed by atoms with Gasteiger partial charge in [0, 0.05) is 5.56 Å². The molecule has 0 amide bonds. The molecule has 1 aromatic carbocycles. The highest BCUT2D eigenvalue weighted by Crippen LogP contribution is 2.10. The van der Waals surface area contributed by atoms with Crippen LogP contribution < -0.4 is 0 Å². The molecule has 1 aromatic rings. The van der Waals surface area contributed by atoms with Crippen LogP contribution in [0, 0.1) is 17.7 Å². The molecular formula is C11H9FO2S. The summed E-state index contributed by atoms with van der Waals surface area (Å²) in [5.74, 6) is 4.20. The number of benzene rings is 1. The first-order valence-electron chi connectivity index (χ1n) is 4.23. The molecule has 1 N–H and O–H groups in total. The summed E-state index contributed by atoms with van der Waals surface area (Å²) < 4.78 is 13.3. The number of rotatable bonds is 2. The first kappa shape index (κ1) is 11.6. The van der Waals surface area contributed by atoms with Gasteiger partial charge < -0.3 is 5.11 Å². The molecule has 0 bridgehead atoms. The maximum absolute atomic E-state index is 13.3. The van der Waals surface area contributed by atoms with E-state index in [2.05, 4.69) is 24.5 Å². The van der Waals surface area contributed by atoms with Crippen LogP contribution in [-0.2, 0) is 11.2 Å². The topological polar surface area (TPSA) is 37.3 Å². The number of thiol groups is 1. The average molecular weight is 224 g/mol. The molecule has 0 aromatic heterocycles. The standard InChI is InChI=1S/C11H9FO2S/c12-10-6-8(2-1-5-15)3-4-9(10)7-11(13)14/h3-4,6,15H,5,7H2,(H,13,14). The van der Waals surface area contributed by atoms with Gasteiger partial charge in [0.05, 0.1) is 12.2 Å². The van der Waals surface area contributed by atoms with Crippen LogP contribution in [0.15, 0.2) is 18.2 Å². The van der Waals surface area contributed by atoms with Crippen LogP contribution in [0.3, 0.4) is 0 Å². The second kappa shape index (κ2) is 5.42. The van der Waals surface area contributed by atoms with E-state index in [0.29, 0.717) is 11.3 Å². The summed E-state index contributed by atoms with van der Waals surface area (Å²) in [4.78, 5) is 10.4. The summed E-state index contributed by atoms with van der Waals surface area (Å²) in [7, 11) is 0. The van der Waals surface area contributed by atoms with Crippen molar-refractivity contribution in [3.05, 3.63) is 35.1 Å². The van der Waals surface area contributed by atoms with E-state index in [1.807, 2.05) is 0 Å². The lowest BCUT2D eigenvalue weighted by Gasteiger charge is -1.99. The molecule has 0 saturated heterocycles. The third-order valence-electron chi connectivity index (χ3n) is 1.71. The molecule has 0 aliphatic rings. The predicted octanol–water partition coefficient (Wildman–Crippen LogP) is 1.73. The minimum Gasteiger partial charge on any atom is -0.481 e. The first-order valence-corrected chi connectivity index (χ1v) is 4.86. The molecule has 0 unspecified atom stereocenters. The fourth-order valence-electron chi connectivity index (χ4n) is 1.07. The number of halogens is 1. The predicted molar refractivity (Wildman–Crippen MR) is 58.5 cm³/mol. The normalized spacial score (nSPS) is 9.20. The highest BCUT2D eigenvalue weighted by molar-refractivity contribution is 7.80. The van der Waals surface area contributed by atoms with Crippen molar-refractivity contribution in [3.8, 4) is 11.8 Å². The van der Waals surface area contributed by atoms with Crippen molar-refractivity contribution in [1.82, 2.24) is 0 Å². The molecule has 0 spiro atoms. The maximum atomic E-state index is 13.3. The average Bonchev–Trinajstić information content (AvgIpc) is 2.18. The van der Waals surface area contributed by atoms with E-state index in [1.54, 1.807) is 6.07 Å². The van der Waals surface area contributed by atoms with Crippen LogP contribution >= 0.6 is 12.6 Å². The van der Waals surface area contributed by atoms with Crippen molar-refractivity contribution >= 4 is 18.6 Å². The second-order valence-corrected chi connectivity index (χ2v) is 3.15. The number of carbonyl (C=O) groups is 1. The van der Waals surface area contributed by atoms with Crippen LogP contribution in [-0.4, -0.2) is 16.8 Å². The Morgan fingerprint density at radius 2 is 2.27 bits per heavy atom. The van der Waals surface area contributed by atoms with Crippen molar-refractivity contribution in [2.45, 2.75) is 6.42 Å². The molecule has 0 aliphatic carbocycles. The molecule has 2 nitrogen and oxygen atoms in total. The summed E-state index contributed by atoms with van der Waals surface area (Å²) in [5, 5.41) is 8.50. The molecule has 1 rings (SSSR count). The van der Waals surface area contributed by atoms with Gasteiger partial charge in [-0.2, -0.15) is 12.6 Å². The molecule has 0 atom stereocenters. The Kier molecular flexibility index (Phi) is 4.19. The van der Waals surface area contributed by atoms with Crippen molar-refractivity contribution in [3.63, 3.8) is 0 Å². The Labute approximate surface area is 92.5 Å². The maximum Gasteiger partial charge on any atom is 0.307 e. The van der Waals surface area contributed by atoms with Crippen LogP contribution in [0.4, 0.5) is 4.39 Å². The van der Waals surface area contributed by atoms with Crippen LogP contribution in [0.1, 0.15) is 11.1 Å². The number of hydrogen-bond acceptors (Lipinski definition) is 2. The van der Waals surface area contributed by atoms with Crippen LogP contribution in [0.25, 0.3) is 0 Å². The van der Waals surface area contributed by atoms with E-state index in [9.17, 15) is 9.18 Å². The molecule has 0 saturated carbocycles. The summed E-state index contributed by atoms with van der Waals surface area (Å²) in [6, 6.07) is 4.26. The van der Waals surface area contributed by atoms with Gasteiger partial charge in [-0.25, -0.2) is 4.39 Å². The van der Waals surface area contributed by atoms with E-state index < -0.39 is 11.8 Å². The summed E-state index contributed by atoms with van der Waals surface area (Å²) in [5.41, 5.74) is 0.689. The van der Waals surface area contributed by atoms with Gasteiger partial charge in [0.15, 0.2) is 0 Å². The van der Waals surface area contributed by atoms with Gasteiger partial charge in [-0.1, -0.05) is 17.9 Å². The van der Waals surface area contributed by atoms with Crippen molar-refractivity contribution < 1.29 is 14.3 Å². The zero-order valence-electron chi connectivity index (χ0n) is 7.83. The van der Waals surface area contributed by atoms with Gasteiger partial charge in [-0.3, -0.25) is 4.79 Å².